The minimum absolute atomic E-state index is 0.781. The van der Waals surface area contributed by atoms with E-state index >= 15 is 0 Å². The van der Waals surface area contributed by atoms with E-state index in [2.05, 4.69) is 11.1 Å². The van der Waals surface area contributed by atoms with Crippen LogP contribution in [0.4, 0.5) is 0 Å². The highest BCUT2D eigenvalue weighted by Gasteiger charge is 2.05. The second-order valence-electron chi connectivity index (χ2n) is 3.10. The number of para-hydroxylation sites is 1. The van der Waals surface area contributed by atoms with Gasteiger partial charge in [-0.2, -0.15) is 0 Å². The molecule has 0 atom stereocenters. The zero-order valence-corrected chi connectivity index (χ0v) is 9.62. The molecule has 2 aromatic rings. The average Bonchev–Trinajstić information content (AvgIpc) is 2.17. The summed E-state index contributed by atoms with van der Waals surface area (Å²) in [4.78, 5) is 5.68. The summed E-state index contributed by atoms with van der Waals surface area (Å²) in [6.07, 6.45) is 2.05. The topological polar surface area (TPSA) is 12.9 Å². The van der Waals surface area contributed by atoms with Gasteiger partial charge in [0.2, 0.25) is 0 Å². The highest BCUT2D eigenvalue weighted by molar-refractivity contribution is 7.98. The van der Waals surface area contributed by atoms with E-state index in [0.717, 1.165) is 21.6 Å². The summed E-state index contributed by atoms with van der Waals surface area (Å²) >= 11 is 7.84. The normalized spacial score (nSPS) is 10.8. The molecule has 0 unspecified atom stereocenters. The monoisotopic (exact) mass is 223 g/mol. The smallest absolute Gasteiger partial charge is 0.0855 e. The quantitative estimate of drug-likeness (QED) is 0.680. The average molecular weight is 224 g/mol. The number of thioether (sulfide) groups is 1. The van der Waals surface area contributed by atoms with Crippen LogP contribution in [0.25, 0.3) is 10.9 Å². The van der Waals surface area contributed by atoms with E-state index in [9.17, 15) is 0 Å². The van der Waals surface area contributed by atoms with Crippen LogP contribution in [-0.2, 0) is 0 Å². The molecule has 1 nitrogen and oxygen atoms in total. The molecule has 0 spiro atoms. The maximum absolute atomic E-state index is 6.14. The molecule has 3 heteroatoms. The van der Waals surface area contributed by atoms with Crippen molar-refractivity contribution in [3.05, 3.63) is 35.0 Å². The molecule has 0 aliphatic carbocycles. The van der Waals surface area contributed by atoms with Gasteiger partial charge in [0.25, 0.3) is 0 Å². The van der Waals surface area contributed by atoms with E-state index in [1.807, 2.05) is 31.4 Å². The van der Waals surface area contributed by atoms with E-state index < -0.39 is 0 Å². The molecular formula is C11H10ClNS. The van der Waals surface area contributed by atoms with Gasteiger partial charge in [-0.05, 0) is 25.3 Å². The number of rotatable bonds is 1. The third kappa shape index (κ3) is 1.60. The zero-order valence-electron chi connectivity index (χ0n) is 8.04. The molecule has 0 saturated carbocycles. The summed E-state index contributed by atoms with van der Waals surface area (Å²) in [6, 6.07) is 7.98. The number of aryl methyl sites for hydroxylation is 1. The lowest BCUT2D eigenvalue weighted by Gasteiger charge is -2.05. The first-order chi connectivity index (χ1) is 6.72. The largest absolute Gasteiger partial charge is 0.252 e. The van der Waals surface area contributed by atoms with E-state index in [4.69, 9.17) is 11.6 Å². The molecule has 0 aliphatic rings. The van der Waals surface area contributed by atoms with Gasteiger partial charge in [-0.3, -0.25) is 4.98 Å². The number of hydrogen-bond donors (Lipinski definition) is 0. The lowest BCUT2D eigenvalue weighted by atomic mass is 10.2. The number of nitrogens with zero attached hydrogens (tertiary/aromatic N) is 1. The van der Waals surface area contributed by atoms with E-state index in [1.165, 1.54) is 4.90 Å². The van der Waals surface area contributed by atoms with Crippen LogP contribution in [0, 0.1) is 6.92 Å². The summed E-state index contributed by atoms with van der Waals surface area (Å²) in [7, 11) is 0. The minimum Gasteiger partial charge on any atom is -0.252 e. The van der Waals surface area contributed by atoms with Crippen LogP contribution in [0.5, 0.6) is 0 Å². The maximum Gasteiger partial charge on any atom is 0.0855 e. The third-order valence-corrected chi connectivity index (χ3v) is 3.18. The second-order valence-corrected chi connectivity index (χ2v) is 4.36. The van der Waals surface area contributed by atoms with Crippen molar-refractivity contribution < 1.29 is 0 Å². The van der Waals surface area contributed by atoms with E-state index in [0.29, 0.717) is 0 Å². The second kappa shape index (κ2) is 3.79. The molecule has 0 bridgehead atoms. The van der Waals surface area contributed by atoms with Crippen molar-refractivity contribution in [2.75, 3.05) is 6.26 Å². The van der Waals surface area contributed by atoms with Crippen LogP contribution in [0.3, 0.4) is 0 Å². The molecule has 0 saturated heterocycles. The molecule has 0 aliphatic heterocycles. The van der Waals surface area contributed by atoms with Crippen LogP contribution in [0.15, 0.2) is 29.2 Å². The SMILES string of the molecule is CSc1cccc2c(Cl)cc(C)nc12. The molecule has 14 heavy (non-hydrogen) atoms. The predicted molar refractivity (Wildman–Crippen MR) is 63.3 cm³/mol. The van der Waals surface area contributed by atoms with Crippen LogP contribution < -0.4 is 0 Å². The predicted octanol–water partition coefficient (Wildman–Crippen LogP) is 3.92. The third-order valence-electron chi connectivity index (χ3n) is 2.10. The Hall–Kier alpha value is -0.730. The molecule has 1 heterocycles. The number of halogens is 1. The molecular weight excluding hydrogens is 214 g/mol. The lowest BCUT2D eigenvalue weighted by molar-refractivity contribution is 1.23. The Morgan fingerprint density at radius 1 is 1.36 bits per heavy atom. The minimum atomic E-state index is 0.781. The van der Waals surface area contributed by atoms with Crippen LogP contribution in [-0.4, -0.2) is 11.2 Å². The first-order valence-corrected chi connectivity index (χ1v) is 5.92. The van der Waals surface area contributed by atoms with Crippen molar-refractivity contribution >= 4 is 34.3 Å². The van der Waals surface area contributed by atoms with Gasteiger partial charge in [0.05, 0.1) is 10.5 Å². The Kier molecular flexibility index (Phi) is 2.66. The Balaban J connectivity index is 2.86. The van der Waals surface area contributed by atoms with Crippen molar-refractivity contribution in [1.82, 2.24) is 4.98 Å². The highest BCUT2D eigenvalue weighted by Crippen LogP contribution is 2.29. The Labute approximate surface area is 92.5 Å². The van der Waals surface area contributed by atoms with Gasteiger partial charge >= 0.3 is 0 Å². The number of fused-ring (bicyclic) bond motifs is 1. The first kappa shape index (κ1) is 9.81. The maximum atomic E-state index is 6.14. The molecule has 0 amide bonds. The molecule has 2 rings (SSSR count). The van der Waals surface area contributed by atoms with Crippen molar-refractivity contribution in [2.45, 2.75) is 11.8 Å². The van der Waals surface area contributed by atoms with Crippen molar-refractivity contribution in [1.29, 1.82) is 0 Å². The lowest BCUT2D eigenvalue weighted by Crippen LogP contribution is -1.86. The summed E-state index contributed by atoms with van der Waals surface area (Å²) in [5.41, 5.74) is 1.97. The number of benzene rings is 1. The molecule has 1 aromatic carbocycles. The molecule has 1 aromatic heterocycles. The summed E-state index contributed by atoms with van der Waals surface area (Å²) in [5.74, 6) is 0. The van der Waals surface area contributed by atoms with Crippen LogP contribution >= 0.6 is 23.4 Å². The molecule has 0 fully saturated rings. The summed E-state index contributed by atoms with van der Waals surface area (Å²) in [5, 5.41) is 1.81. The molecule has 0 radical (unpaired) electrons. The Morgan fingerprint density at radius 2 is 2.14 bits per heavy atom. The Morgan fingerprint density at radius 3 is 2.86 bits per heavy atom. The zero-order chi connectivity index (χ0) is 10.1. The van der Waals surface area contributed by atoms with Gasteiger partial charge in [-0.1, -0.05) is 23.7 Å². The van der Waals surface area contributed by atoms with Crippen molar-refractivity contribution in [2.24, 2.45) is 0 Å². The fraction of sp³-hybridized carbons (Fsp3) is 0.182. The highest BCUT2D eigenvalue weighted by atomic mass is 35.5. The van der Waals surface area contributed by atoms with E-state index in [1.54, 1.807) is 11.8 Å². The number of pyridine rings is 1. The molecule has 72 valence electrons. The standard InChI is InChI=1S/C11H10ClNS/c1-7-6-9(12)8-4-3-5-10(14-2)11(8)13-7/h3-6H,1-2H3. The molecule has 0 N–H and O–H groups in total. The fourth-order valence-corrected chi connectivity index (χ4v) is 2.34. The van der Waals surface area contributed by atoms with Gasteiger partial charge in [0.15, 0.2) is 0 Å². The number of hydrogen-bond acceptors (Lipinski definition) is 2. The van der Waals surface area contributed by atoms with Gasteiger partial charge < -0.3 is 0 Å². The van der Waals surface area contributed by atoms with Gasteiger partial charge in [0, 0.05) is 16.0 Å². The van der Waals surface area contributed by atoms with Gasteiger partial charge in [-0.15, -0.1) is 11.8 Å². The number of aromatic nitrogens is 1. The Bertz CT molecular complexity index is 482. The van der Waals surface area contributed by atoms with Gasteiger partial charge in [0.1, 0.15) is 0 Å². The van der Waals surface area contributed by atoms with Crippen molar-refractivity contribution in [3.63, 3.8) is 0 Å². The van der Waals surface area contributed by atoms with Gasteiger partial charge in [-0.25, -0.2) is 0 Å². The van der Waals surface area contributed by atoms with Crippen molar-refractivity contribution in [3.8, 4) is 0 Å². The summed E-state index contributed by atoms with van der Waals surface area (Å²) < 4.78 is 0. The van der Waals surface area contributed by atoms with Crippen LogP contribution in [0.2, 0.25) is 5.02 Å². The fourth-order valence-electron chi connectivity index (χ4n) is 1.46. The van der Waals surface area contributed by atoms with Crippen LogP contribution in [0.1, 0.15) is 5.69 Å². The first-order valence-electron chi connectivity index (χ1n) is 4.32. The summed E-state index contributed by atoms with van der Waals surface area (Å²) in [6.45, 7) is 1.96. The van der Waals surface area contributed by atoms with E-state index in [-0.39, 0.29) is 0 Å².